The van der Waals surface area contributed by atoms with Gasteiger partial charge in [-0.25, -0.2) is 0 Å². The lowest BCUT2D eigenvalue weighted by molar-refractivity contribution is 0.205. The molecule has 1 fully saturated rings. The molecule has 1 rings (SSSR count). The molecule has 3 nitrogen and oxygen atoms in total. The van der Waals surface area contributed by atoms with Crippen molar-refractivity contribution in [1.29, 1.82) is 0 Å². The van der Waals surface area contributed by atoms with Gasteiger partial charge in [0.15, 0.2) is 0 Å². The van der Waals surface area contributed by atoms with Crippen LogP contribution in [-0.2, 0) is 0 Å². The Labute approximate surface area is 87.5 Å². The summed E-state index contributed by atoms with van der Waals surface area (Å²) in [4.78, 5) is 2.49. The van der Waals surface area contributed by atoms with E-state index in [0.717, 1.165) is 13.1 Å². The van der Waals surface area contributed by atoms with Crippen molar-refractivity contribution in [3.8, 4) is 0 Å². The van der Waals surface area contributed by atoms with Gasteiger partial charge in [0.25, 0.3) is 0 Å². The van der Waals surface area contributed by atoms with Crippen LogP contribution in [0, 0.1) is 5.92 Å². The molecule has 3 heteroatoms. The zero-order valence-electron chi connectivity index (χ0n) is 9.50. The van der Waals surface area contributed by atoms with Crippen molar-refractivity contribution >= 4 is 0 Å². The predicted molar refractivity (Wildman–Crippen MR) is 59.4 cm³/mol. The molecule has 1 atom stereocenters. The lowest BCUT2D eigenvalue weighted by atomic mass is 10.1. The first-order chi connectivity index (χ1) is 6.74. The molecule has 1 aliphatic heterocycles. The zero-order chi connectivity index (χ0) is 10.4. The molecule has 0 saturated carbocycles. The second-order valence-electron chi connectivity index (χ2n) is 4.54. The Kier molecular flexibility index (Phi) is 5.45. The van der Waals surface area contributed by atoms with Gasteiger partial charge in [-0.05, 0) is 31.8 Å². The molecule has 1 aliphatic rings. The second-order valence-corrected chi connectivity index (χ2v) is 4.54. The third-order valence-electron chi connectivity index (χ3n) is 3.03. The van der Waals surface area contributed by atoms with Crippen molar-refractivity contribution in [1.82, 2.24) is 10.2 Å². The average molecular weight is 200 g/mol. The maximum Gasteiger partial charge on any atom is 0.0587 e. The van der Waals surface area contributed by atoms with Crippen LogP contribution in [0.5, 0.6) is 0 Å². The van der Waals surface area contributed by atoms with Crippen molar-refractivity contribution in [2.24, 2.45) is 5.92 Å². The number of aliphatic hydroxyl groups is 1. The Morgan fingerprint density at radius 3 is 2.43 bits per heavy atom. The van der Waals surface area contributed by atoms with Gasteiger partial charge in [0.2, 0.25) is 0 Å². The molecule has 84 valence electrons. The minimum atomic E-state index is 0.248. The van der Waals surface area contributed by atoms with Crippen LogP contribution in [0.2, 0.25) is 0 Å². The van der Waals surface area contributed by atoms with Gasteiger partial charge in [-0.1, -0.05) is 13.8 Å². The zero-order valence-corrected chi connectivity index (χ0v) is 9.50. The standard InChI is InChI=1S/C11H24N2O/c1-10(2)11(9-14)12-5-8-13-6-3-4-7-13/h10-12,14H,3-9H2,1-2H3. The lowest BCUT2D eigenvalue weighted by Gasteiger charge is -2.22. The molecule has 14 heavy (non-hydrogen) atoms. The Morgan fingerprint density at radius 1 is 1.29 bits per heavy atom. The summed E-state index contributed by atoms with van der Waals surface area (Å²) < 4.78 is 0. The van der Waals surface area contributed by atoms with Crippen molar-refractivity contribution < 1.29 is 5.11 Å². The fraction of sp³-hybridized carbons (Fsp3) is 1.00. The molecule has 2 N–H and O–H groups in total. The number of nitrogens with zero attached hydrogens (tertiary/aromatic N) is 1. The van der Waals surface area contributed by atoms with E-state index in [9.17, 15) is 0 Å². The number of likely N-dealkylation sites (tertiary alicyclic amines) is 1. The van der Waals surface area contributed by atoms with E-state index in [2.05, 4.69) is 24.1 Å². The summed E-state index contributed by atoms with van der Waals surface area (Å²) in [6, 6.07) is 0.262. The van der Waals surface area contributed by atoms with Crippen molar-refractivity contribution in [3.63, 3.8) is 0 Å². The summed E-state index contributed by atoms with van der Waals surface area (Å²) >= 11 is 0. The molecule has 0 bridgehead atoms. The SMILES string of the molecule is CC(C)C(CO)NCCN1CCCC1. The smallest absolute Gasteiger partial charge is 0.0587 e. The van der Waals surface area contributed by atoms with E-state index in [1.807, 2.05) is 0 Å². The van der Waals surface area contributed by atoms with Crippen LogP contribution in [0.1, 0.15) is 26.7 Å². The van der Waals surface area contributed by atoms with Crippen LogP contribution in [0.25, 0.3) is 0 Å². The molecular weight excluding hydrogens is 176 g/mol. The van der Waals surface area contributed by atoms with Gasteiger partial charge in [-0.2, -0.15) is 0 Å². The van der Waals surface area contributed by atoms with E-state index in [0.29, 0.717) is 5.92 Å². The molecular formula is C11H24N2O. The Balaban J connectivity index is 2.06. The fourth-order valence-electron chi connectivity index (χ4n) is 1.93. The molecule has 1 unspecified atom stereocenters. The van der Waals surface area contributed by atoms with Gasteiger partial charge < -0.3 is 15.3 Å². The lowest BCUT2D eigenvalue weighted by Crippen LogP contribution is -2.41. The van der Waals surface area contributed by atoms with Gasteiger partial charge in [-0.15, -0.1) is 0 Å². The summed E-state index contributed by atoms with van der Waals surface area (Å²) in [6.45, 7) is 9.18. The highest BCUT2D eigenvalue weighted by atomic mass is 16.3. The Hall–Kier alpha value is -0.120. The van der Waals surface area contributed by atoms with Gasteiger partial charge >= 0.3 is 0 Å². The van der Waals surface area contributed by atoms with Crippen molar-refractivity contribution in [3.05, 3.63) is 0 Å². The Morgan fingerprint density at radius 2 is 1.93 bits per heavy atom. The van der Waals surface area contributed by atoms with Gasteiger partial charge in [-0.3, -0.25) is 0 Å². The van der Waals surface area contributed by atoms with Crippen LogP contribution < -0.4 is 5.32 Å². The average Bonchev–Trinajstić information content (AvgIpc) is 2.64. The summed E-state index contributed by atoms with van der Waals surface area (Å²) in [5, 5.41) is 12.5. The number of rotatable bonds is 6. The molecule has 0 amide bonds. The van der Waals surface area contributed by atoms with Crippen LogP contribution in [0.3, 0.4) is 0 Å². The largest absolute Gasteiger partial charge is 0.395 e. The van der Waals surface area contributed by atoms with E-state index in [-0.39, 0.29) is 12.6 Å². The summed E-state index contributed by atoms with van der Waals surface area (Å²) in [6.07, 6.45) is 2.71. The van der Waals surface area contributed by atoms with Crippen LogP contribution in [-0.4, -0.2) is 48.8 Å². The molecule has 0 aliphatic carbocycles. The summed E-state index contributed by atoms with van der Waals surface area (Å²) in [7, 11) is 0. The summed E-state index contributed by atoms with van der Waals surface area (Å²) in [5.74, 6) is 0.513. The number of nitrogens with one attached hydrogen (secondary N) is 1. The third-order valence-corrected chi connectivity index (χ3v) is 3.03. The molecule has 0 spiro atoms. The highest BCUT2D eigenvalue weighted by molar-refractivity contribution is 4.72. The van der Waals surface area contributed by atoms with Crippen LogP contribution in [0.4, 0.5) is 0 Å². The highest BCUT2D eigenvalue weighted by Gasteiger charge is 2.13. The first kappa shape index (κ1) is 12.0. The molecule has 0 aromatic rings. The van der Waals surface area contributed by atoms with E-state index in [1.165, 1.54) is 25.9 Å². The van der Waals surface area contributed by atoms with Crippen molar-refractivity contribution in [2.75, 3.05) is 32.8 Å². The van der Waals surface area contributed by atoms with Gasteiger partial charge in [0.1, 0.15) is 0 Å². The van der Waals surface area contributed by atoms with E-state index < -0.39 is 0 Å². The molecule has 0 radical (unpaired) electrons. The topological polar surface area (TPSA) is 35.5 Å². The maximum atomic E-state index is 9.11. The predicted octanol–water partition coefficient (Wildman–Crippen LogP) is 0.689. The van der Waals surface area contributed by atoms with Gasteiger partial charge in [0.05, 0.1) is 6.61 Å². The third kappa shape index (κ3) is 3.95. The quantitative estimate of drug-likeness (QED) is 0.662. The molecule has 0 aromatic heterocycles. The minimum Gasteiger partial charge on any atom is -0.395 e. The van der Waals surface area contributed by atoms with Crippen molar-refractivity contribution in [2.45, 2.75) is 32.7 Å². The molecule has 1 saturated heterocycles. The maximum absolute atomic E-state index is 9.11. The van der Waals surface area contributed by atoms with E-state index in [1.54, 1.807) is 0 Å². The van der Waals surface area contributed by atoms with Gasteiger partial charge in [0, 0.05) is 19.1 Å². The highest BCUT2D eigenvalue weighted by Crippen LogP contribution is 2.06. The first-order valence-corrected chi connectivity index (χ1v) is 5.80. The monoisotopic (exact) mass is 200 g/mol. The number of hydrogen-bond donors (Lipinski definition) is 2. The molecule has 1 heterocycles. The minimum absolute atomic E-state index is 0.248. The Bertz CT molecular complexity index is 144. The number of hydrogen-bond acceptors (Lipinski definition) is 3. The summed E-state index contributed by atoms with van der Waals surface area (Å²) in [5.41, 5.74) is 0. The van der Waals surface area contributed by atoms with E-state index >= 15 is 0 Å². The van der Waals surface area contributed by atoms with Crippen LogP contribution >= 0.6 is 0 Å². The second kappa shape index (κ2) is 6.38. The normalized spacial score (nSPS) is 20.6. The van der Waals surface area contributed by atoms with Crippen LogP contribution in [0.15, 0.2) is 0 Å². The molecule has 0 aromatic carbocycles. The van der Waals surface area contributed by atoms with E-state index in [4.69, 9.17) is 5.11 Å². The fourth-order valence-corrected chi connectivity index (χ4v) is 1.93. The first-order valence-electron chi connectivity index (χ1n) is 5.80. The number of aliphatic hydroxyl groups excluding tert-OH is 1.